The van der Waals surface area contributed by atoms with Gasteiger partial charge in [-0.15, -0.1) is 10.2 Å². The molecule has 2 aromatic carbocycles. The molecule has 1 aromatic heterocycles. The summed E-state index contributed by atoms with van der Waals surface area (Å²) in [5.74, 6) is 0.202. The van der Waals surface area contributed by atoms with Gasteiger partial charge in [0.25, 0.3) is 5.91 Å². The Kier molecular flexibility index (Phi) is 5.31. The zero-order valence-corrected chi connectivity index (χ0v) is 15.8. The Morgan fingerprint density at radius 1 is 1.18 bits per heavy atom. The molecule has 3 aromatic rings. The van der Waals surface area contributed by atoms with E-state index in [1.807, 2.05) is 24.3 Å². The predicted molar refractivity (Wildman–Crippen MR) is 106 cm³/mol. The zero-order valence-electron chi connectivity index (χ0n) is 15.0. The van der Waals surface area contributed by atoms with E-state index in [1.165, 1.54) is 29.5 Å². The van der Waals surface area contributed by atoms with E-state index in [0.717, 1.165) is 29.8 Å². The first-order valence-corrected chi connectivity index (χ1v) is 9.85. The van der Waals surface area contributed by atoms with Crippen LogP contribution in [0.5, 0.6) is 11.5 Å². The summed E-state index contributed by atoms with van der Waals surface area (Å²) in [6, 6.07) is 11.5. The summed E-state index contributed by atoms with van der Waals surface area (Å²) in [4.78, 5) is 12.5. The van der Waals surface area contributed by atoms with Crippen LogP contribution in [0.1, 0.15) is 39.7 Å². The molecule has 6 nitrogen and oxygen atoms in total. The van der Waals surface area contributed by atoms with Crippen LogP contribution in [-0.2, 0) is 6.42 Å². The summed E-state index contributed by atoms with van der Waals surface area (Å²) < 4.78 is 19.9. The van der Waals surface area contributed by atoms with Crippen LogP contribution in [-0.4, -0.2) is 22.6 Å². The van der Waals surface area contributed by atoms with E-state index in [9.17, 15) is 9.18 Å². The number of ether oxygens (including phenoxy) is 1. The van der Waals surface area contributed by atoms with Gasteiger partial charge in [-0.05, 0) is 61.7 Å². The highest BCUT2D eigenvalue weighted by atomic mass is 32.1. The van der Waals surface area contributed by atoms with E-state index in [4.69, 9.17) is 10.5 Å². The molecule has 28 heavy (non-hydrogen) atoms. The Labute approximate surface area is 165 Å². The number of amides is 1. The quantitative estimate of drug-likeness (QED) is 0.625. The third-order valence-corrected chi connectivity index (χ3v) is 5.36. The largest absolute Gasteiger partial charge is 0.457 e. The summed E-state index contributed by atoms with van der Waals surface area (Å²) in [6.45, 7) is 0.577. The summed E-state index contributed by atoms with van der Waals surface area (Å²) in [6.07, 6.45) is 2.99. The number of nitrogens with two attached hydrogens (primary N) is 1. The number of rotatable bonds is 7. The van der Waals surface area contributed by atoms with E-state index < -0.39 is 11.7 Å². The van der Waals surface area contributed by atoms with Crippen molar-refractivity contribution < 1.29 is 13.9 Å². The molecule has 1 amide bonds. The number of nitrogens with one attached hydrogen (secondary N) is 1. The molecule has 1 aliphatic rings. The number of hydrogen-bond acceptors (Lipinski definition) is 6. The normalized spacial score (nSPS) is 13.4. The minimum atomic E-state index is -0.630. The first kappa shape index (κ1) is 18.5. The SMILES string of the molecule is NCCc1ccc(Oc2ccc(F)c(C(=O)Nc3nnc(C4CC4)s3)c2)cc1. The van der Waals surface area contributed by atoms with Gasteiger partial charge in [-0.1, -0.05) is 23.5 Å². The molecule has 0 aliphatic heterocycles. The standard InChI is InChI=1S/C20H19FN4O2S/c21-17-8-7-15(27-14-5-1-12(2-6-14)9-10-22)11-16(17)18(26)23-20-25-24-19(28-20)13-3-4-13/h1-2,5-8,11,13H,3-4,9-10,22H2,(H,23,25,26). The lowest BCUT2D eigenvalue weighted by Crippen LogP contribution is -2.13. The number of anilines is 1. The van der Waals surface area contributed by atoms with Crippen LogP contribution in [0.2, 0.25) is 0 Å². The van der Waals surface area contributed by atoms with Gasteiger partial charge < -0.3 is 10.5 Å². The average molecular weight is 398 g/mol. The van der Waals surface area contributed by atoms with Gasteiger partial charge in [0.05, 0.1) is 5.56 Å². The summed E-state index contributed by atoms with van der Waals surface area (Å²) in [7, 11) is 0. The molecular formula is C20H19FN4O2S. The lowest BCUT2D eigenvalue weighted by atomic mass is 10.1. The van der Waals surface area contributed by atoms with Crippen LogP contribution in [0.4, 0.5) is 9.52 Å². The van der Waals surface area contributed by atoms with Crippen molar-refractivity contribution in [3.63, 3.8) is 0 Å². The second-order valence-corrected chi connectivity index (χ2v) is 7.61. The highest BCUT2D eigenvalue weighted by Crippen LogP contribution is 2.42. The van der Waals surface area contributed by atoms with Crippen LogP contribution in [0, 0.1) is 5.82 Å². The number of aromatic nitrogens is 2. The fourth-order valence-corrected chi connectivity index (χ4v) is 3.62. The number of nitrogens with zero attached hydrogens (tertiary/aromatic N) is 2. The van der Waals surface area contributed by atoms with Crippen LogP contribution in [0.15, 0.2) is 42.5 Å². The van der Waals surface area contributed by atoms with Gasteiger partial charge in [0.1, 0.15) is 22.3 Å². The van der Waals surface area contributed by atoms with Crippen LogP contribution >= 0.6 is 11.3 Å². The molecule has 1 aliphatic carbocycles. The topological polar surface area (TPSA) is 90.1 Å². The maximum absolute atomic E-state index is 14.2. The molecule has 0 atom stereocenters. The second-order valence-electron chi connectivity index (χ2n) is 6.60. The Morgan fingerprint density at radius 2 is 1.93 bits per heavy atom. The van der Waals surface area contributed by atoms with Crippen molar-refractivity contribution in [2.45, 2.75) is 25.2 Å². The number of carbonyl (C=O) groups is 1. The van der Waals surface area contributed by atoms with Crippen molar-refractivity contribution >= 4 is 22.4 Å². The van der Waals surface area contributed by atoms with Crippen molar-refractivity contribution in [1.29, 1.82) is 0 Å². The predicted octanol–water partition coefficient (Wildman–Crippen LogP) is 4.10. The molecule has 0 radical (unpaired) electrons. The van der Waals surface area contributed by atoms with Crippen molar-refractivity contribution in [3.8, 4) is 11.5 Å². The van der Waals surface area contributed by atoms with Gasteiger partial charge in [-0.25, -0.2) is 4.39 Å². The first-order valence-electron chi connectivity index (χ1n) is 9.03. The number of hydrogen-bond donors (Lipinski definition) is 2. The molecule has 1 heterocycles. The smallest absolute Gasteiger partial charge is 0.260 e. The Morgan fingerprint density at radius 3 is 2.64 bits per heavy atom. The first-order chi connectivity index (χ1) is 13.6. The molecule has 0 unspecified atom stereocenters. The minimum Gasteiger partial charge on any atom is -0.457 e. The molecule has 1 saturated carbocycles. The molecule has 3 N–H and O–H groups in total. The fourth-order valence-electron chi connectivity index (χ4n) is 2.71. The molecule has 0 saturated heterocycles. The summed E-state index contributed by atoms with van der Waals surface area (Å²) >= 11 is 1.33. The molecule has 0 spiro atoms. The van der Waals surface area contributed by atoms with Gasteiger partial charge in [0.15, 0.2) is 0 Å². The zero-order chi connectivity index (χ0) is 19.5. The third-order valence-electron chi connectivity index (χ3n) is 4.36. The monoisotopic (exact) mass is 398 g/mol. The fraction of sp³-hybridized carbons (Fsp3) is 0.250. The van der Waals surface area contributed by atoms with E-state index in [-0.39, 0.29) is 5.56 Å². The van der Waals surface area contributed by atoms with Gasteiger partial charge >= 0.3 is 0 Å². The average Bonchev–Trinajstić information content (AvgIpc) is 3.44. The number of halogens is 1. The Bertz CT molecular complexity index is 986. The maximum atomic E-state index is 14.2. The van der Waals surface area contributed by atoms with Gasteiger partial charge in [-0.2, -0.15) is 0 Å². The van der Waals surface area contributed by atoms with Crippen LogP contribution < -0.4 is 15.8 Å². The van der Waals surface area contributed by atoms with Gasteiger partial charge in [0, 0.05) is 5.92 Å². The lowest BCUT2D eigenvalue weighted by molar-refractivity contribution is 0.102. The lowest BCUT2D eigenvalue weighted by Gasteiger charge is -2.09. The number of benzene rings is 2. The maximum Gasteiger partial charge on any atom is 0.260 e. The van der Waals surface area contributed by atoms with E-state index in [1.54, 1.807) is 0 Å². The van der Waals surface area contributed by atoms with E-state index in [2.05, 4.69) is 15.5 Å². The molecule has 1 fully saturated rings. The Hall–Kier alpha value is -2.84. The van der Waals surface area contributed by atoms with Gasteiger partial charge in [-0.3, -0.25) is 10.1 Å². The van der Waals surface area contributed by atoms with Gasteiger partial charge in [0.2, 0.25) is 5.13 Å². The van der Waals surface area contributed by atoms with Crippen LogP contribution in [0.25, 0.3) is 0 Å². The van der Waals surface area contributed by atoms with E-state index in [0.29, 0.717) is 29.1 Å². The molecule has 8 heteroatoms. The number of carbonyl (C=O) groups excluding carboxylic acids is 1. The molecule has 0 bridgehead atoms. The Balaban J connectivity index is 1.46. The van der Waals surface area contributed by atoms with Crippen molar-refractivity contribution in [2.24, 2.45) is 5.73 Å². The molecular weight excluding hydrogens is 379 g/mol. The third kappa shape index (κ3) is 4.35. The highest BCUT2D eigenvalue weighted by Gasteiger charge is 2.28. The van der Waals surface area contributed by atoms with Crippen molar-refractivity contribution in [1.82, 2.24) is 10.2 Å². The minimum absolute atomic E-state index is 0.111. The molecule has 144 valence electrons. The van der Waals surface area contributed by atoms with Crippen molar-refractivity contribution in [2.75, 3.05) is 11.9 Å². The van der Waals surface area contributed by atoms with E-state index >= 15 is 0 Å². The van der Waals surface area contributed by atoms with Crippen LogP contribution in [0.3, 0.4) is 0 Å². The summed E-state index contributed by atoms with van der Waals surface area (Å²) in [5, 5.41) is 11.9. The highest BCUT2D eigenvalue weighted by molar-refractivity contribution is 7.15. The molecule has 4 rings (SSSR count). The van der Waals surface area contributed by atoms with Crippen molar-refractivity contribution in [3.05, 3.63) is 64.4 Å². The second kappa shape index (κ2) is 8.04. The summed E-state index contributed by atoms with van der Waals surface area (Å²) in [5.41, 5.74) is 6.54.